The maximum atomic E-state index is 2.41. The summed E-state index contributed by atoms with van der Waals surface area (Å²) in [6, 6.07) is 0. The van der Waals surface area contributed by atoms with E-state index < -0.39 is 0 Å². The van der Waals surface area contributed by atoms with Crippen molar-refractivity contribution in [2.24, 2.45) is 53.3 Å². The van der Waals surface area contributed by atoms with Crippen LogP contribution in [0.4, 0.5) is 0 Å². The van der Waals surface area contributed by atoms with Crippen molar-refractivity contribution in [2.75, 3.05) is 0 Å². The molecular formula is C27H56. The van der Waals surface area contributed by atoms with Crippen molar-refractivity contribution in [3.8, 4) is 0 Å². The van der Waals surface area contributed by atoms with Gasteiger partial charge in [0.2, 0.25) is 0 Å². The van der Waals surface area contributed by atoms with Crippen LogP contribution >= 0.6 is 0 Å². The lowest BCUT2D eigenvalue weighted by Crippen LogP contribution is -2.30. The lowest BCUT2D eigenvalue weighted by Gasteiger charge is -2.40. The molecule has 0 N–H and O–H groups in total. The molecular weight excluding hydrogens is 324 g/mol. The zero-order valence-corrected chi connectivity index (χ0v) is 21.1. The summed E-state index contributed by atoms with van der Waals surface area (Å²) < 4.78 is 0. The highest BCUT2D eigenvalue weighted by molar-refractivity contribution is 4.90. The number of hydrogen-bond acceptors (Lipinski definition) is 0. The van der Waals surface area contributed by atoms with Crippen molar-refractivity contribution in [1.82, 2.24) is 0 Å². The lowest BCUT2D eigenvalue weighted by atomic mass is 9.65. The molecule has 0 spiro atoms. The van der Waals surface area contributed by atoms with E-state index in [-0.39, 0.29) is 0 Å². The predicted octanol–water partition coefficient (Wildman–Crippen LogP) is 9.48. The van der Waals surface area contributed by atoms with Crippen molar-refractivity contribution in [3.63, 3.8) is 0 Å². The smallest absolute Gasteiger partial charge is 0.0355 e. The Morgan fingerprint density at radius 3 is 1.37 bits per heavy atom. The van der Waals surface area contributed by atoms with Gasteiger partial charge in [-0.3, -0.25) is 0 Å². The first kappa shape index (κ1) is 27.0. The first-order valence-electron chi connectivity index (χ1n) is 12.6. The molecule has 0 bridgehead atoms. The van der Waals surface area contributed by atoms with E-state index in [4.69, 9.17) is 0 Å². The fourth-order valence-corrected chi connectivity index (χ4v) is 5.23. The van der Waals surface area contributed by atoms with E-state index in [0.717, 1.165) is 53.3 Å². The van der Waals surface area contributed by atoms with Gasteiger partial charge in [0.1, 0.15) is 0 Å². The lowest BCUT2D eigenvalue weighted by molar-refractivity contribution is 0.102. The molecule has 3 rings (SSSR count). The van der Waals surface area contributed by atoms with Crippen molar-refractivity contribution in [2.45, 2.75) is 121 Å². The SMILES string of the molecule is CC.CC(C)C.CC(C)C1CC(C(C)C)C1.CC(C)C1CCC2CCCC21. The van der Waals surface area contributed by atoms with Crippen LogP contribution in [0.25, 0.3) is 0 Å². The third-order valence-corrected chi connectivity index (χ3v) is 7.09. The highest BCUT2D eigenvalue weighted by atomic mass is 14.4. The maximum absolute atomic E-state index is 2.41. The topological polar surface area (TPSA) is 0 Å². The monoisotopic (exact) mass is 380 g/mol. The van der Waals surface area contributed by atoms with Crippen molar-refractivity contribution < 1.29 is 0 Å². The van der Waals surface area contributed by atoms with Gasteiger partial charge in [-0.25, -0.2) is 0 Å². The molecule has 0 aliphatic heterocycles. The Morgan fingerprint density at radius 1 is 0.556 bits per heavy atom. The zero-order valence-electron chi connectivity index (χ0n) is 21.1. The van der Waals surface area contributed by atoms with Gasteiger partial charge in [-0.05, 0) is 85.4 Å². The number of fused-ring (bicyclic) bond motifs is 1. The van der Waals surface area contributed by atoms with Gasteiger partial charge in [0.15, 0.2) is 0 Å². The summed E-state index contributed by atoms with van der Waals surface area (Å²) in [6.45, 7) is 24.7. The fraction of sp³-hybridized carbons (Fsp3) is 1.00. The number of rotatable bonds is 3. The van der Waals surface area contributed by atoms with Crippen LogP contribution in [-0.4, -0.2) is 0 Å². The second-order valence-electron chi connectivity index (χ2n) is 11.1. The second kappa shape index (κ2) is 14.1. The molecule has 0 heteroatoms. The molecule has 0 heterocycles. The van der Waals surface area contributed by atoms with Gasteiger partial charge in [-0.2, -0.15) is 0 Å². The first-order chi connectivity index (χ1) is 12.6. The van der Waals surface area contributed by atoms with Gasteiger partial charge in [-0.15, -0.1) is 0 Å². The highest BCUT2D eigenvalue weighted by Gasteiger charge is 2.39. The van der Waals surface area contributed by atoms with Gasteiger partial charge in [-0.1, -0.05) is 89.0 Å². The summed E-state index contributed by atoms with van der Waals surface area (Å²) in [7, 11) is 0. The minimum Gasteiger partial charge on any atom is -0.0683 e. The van der Waals surface area contributed by atoms with Crippen molar-refractivity contribution in [1.29, 1.82) is 0 Å². The van der Waals surface area contributed by atoms with Gasteiger partial charge in [0.25, 0.3) is 0 Å². The molecule has 3 aliphatic carbocycles. The van der Waals surface area contributed by atoms with Crippen LogP contribution in [0.1, 0.15) is 121 Å². The second-order valence-corrected chi connectivity index (χ2v) is 11.1. The van der Waals surface area contributed by atoms with Crippen LogP contribution in [0, 0.1) is 53.3 Å². The van der Waals surface area contributed by atoms with Crippen molar-refractivity contribution in [3.05, 3.63) is 0 Å². The molecule has 0 aromatic heterocycles. The van der Waals surface area contributed by atoms with E-state index in [1.165, 1.54) is 25.7 Å². The molecule has 3 aliphatic rings. The predicted molar refractivity (Wildman–Crippen MR) is 126 cm³/mol. The summed E-state index contributed by atoms with van der Waals surface area (Å²) in [5, 5.41) is 0. The Kier molecular flexibility index (Phi) is 14.1. The van der Waals surface area contributed by atoms with E-state index in [9.17, 15) is 0 Å². The highest BCUT2D eigenvalue weighted by Crippen LogP contribution is 2.49. The minimum atomic E-state index is 0.833. The molecule has 0 saturated heterocycles. The Balaban J connectivity index is 0.000000392. The largest absolute Gasteiger partial charge is 0.0683 e. The normalized spacial score (nSPS) is 31.4. The molecule has 3 unspecified atom stereocenters. The molecule has 27 heavy (non-hydrogen) atoms. The standard InChI is InChI=1S/C11H20.C10H20.C4H10.C2H6/c1-8(2)10-7-6-9-4-3-5-11(9)10;1-7(2)9-5-10(6-9)8(3)4;1-4(2)3;1-2/h8-11H,3-7H2,1-2H3;7-10H,5-6H2,1-4H3;4H,1-3H3;1-2H3. The summed E-state index contributed by atoms with van der Waals surface area (Å²) in [6.07, 6.45) is 10.7. The van der Waals surface area contributed by atoms with E-state index in [1.807, 2.05) is 13.8 Å². The molecule has 164 valence electrons. The van der Waals surface area contributed by atoms with Gasteiger partial charge >= 0.3 is 0 Å². The molecule has 0 aromatic carbocycles. The van der Waals surface area contributed by atoms with E-state index >= 15 is 0 Å². The van der Waals surface area contributed by atoms with Crippen LogP contribution in [0.5, 0.6) is 0 Å². The average Bonchev–Trinajstić information content (AvgIpc) is 3.09. The van der Waals surface area contributed by atoms with Gasteiger partial charge in [0, 0.05) is 0 Å². The maximum Gasteiger partial charge on any atom is -0.0355 e. The van der Waals surface area contributed by atoms with Crippen LogP contribution in [0.3, 0.4) is 0 Å². The minimum absolute atomic E-state index is 0.833. The summed E-state index contributed by atoms with van der Waals surface area (Å²) in [5.74, 6) is 9.09. The van der Waals surface area contributed by atoms with Crippen LogP contribution < -0.4 is 0 Å². The van der Waals surface area contributed by atoms with Crippen molar-refractivity contribution >= 4 is 0 Å². The summed E-state index contributed by atoms with van der Waals surface area (Å²) in [5.41, 5.74) is 0. The molecule has 3 atom stereocenters. The average molecular weight is 381 g/mol. The summed E-state index contributed by atoms with van der Waals surface area (Å²) >= 11 is 0. The quantitative estimate of drug-likeness (QED) is 0.457. The molecule has 0 amide bonds. The first-order valence-corrected chi connectivity index (χ1v) is 12.6. The van der Waals surface area contributed by atoms with E-state index in [1.54, 1.807) is 19.3 Å². The van der Waals surface area contributed by atoms with Crippen LogP contribution in [0.2, 0.25) is 0 Å². The molecule has 0 aromatic rings. The van der Waals surface area contributed by atoms with Gasteiger partial charge < -0.3 is 0 Å². The van der Waals surface area contributed by atoms with E-state index in [2.05, 4.69) is 62.3 Å². The Labute approximate surface area is 174 Å². The Bertz CT molecular complexity index is 317. The molecule has 0 nitrogen and oxygen atoms in total. The van der Waals surface area contributed by atoms with Crippen LogP contribution in [-0.2, 0) is 0 Å². The third-order valence-electron chi connectivity index (χ3n) is 7.09. The van der Waals surface area contributed by atoms with Gasteiger partial charge in [0.05, 0.1) is 0 Å². The van der Waals surface area contributed by atoms with Crippen LogP contribution in [0.15, 0.2) is 0 Å². The third kappa shape index (κ3) is 9.85. The Morgan fingerprint density at radius 2 is 1.00 bits per heavy atom. The van der Waals surface area contributed by atoms with E-state index in [0.29, 0.717) is 0 Å². The zero-order chi connectivity index (χ0) is 21.1. The number of hydrogen-bond donors (Lipinski definition) is 0. The molecule has 3 fully saturated rings. The molecule has 3 saturated carbocycles. The summed E-state index contributed by atoms with van der Waals surface area (Å²) in [4.78, 5) is 0. The molecule has 0 radical (unpaired) electrons. The fourth-order valence-electron chi connectivity index (χ4n) is 5.23. The Hall–Kier alpha value is 0.